The molecule has 21 heavy (non-hydrogen) atoms. The number of hydrogen-bond donors (Lipinski definition) is 0. The molecule has 0 bridgehead atoms. The SMILES string of the molecule is O=C1/C(=C/c2ccc(Cl)cc2)SC(=S)N1Cc1ccco1. The van der Waals surface area contributed by atoms with Gasteiger partial charge in [0.2, 0.25) is 0 Å². The highest BCUT2D eigenvalue weighted by Crippen LogP contribution is 2.33. The lowest BCUT2D eigenvalue weighted by molar-refractivity contribution is -0.122. The van der Waals surface area contributed by atoms with Crippen LogP contribution in [0.1, 0.15) is 11.3 Å². The van der Waals surface area contributed by atoms with Crippen LogP contribution in [0.25, 0.3) is 6.08 Å². The van der Waals surface area contributed by atoms with Crippen molar-refractivity contribution in [1.29, 1.82) is 0 Å². The fourth-order valence-electron chi connectivity index (χ4n) is 1.91. The number of thioether (sulfide) groups is 1. The van der Waals surface area contributed by atoms with Crippen LogP contribution in [-0.4, -0.2) is 15.1 Å². The van der Waals surface area contributed by atoms with Crippen molar-refractivity contribution in [2.45, 2.75) is 6.54 Å². The van der Waals surface area contributed by atoms with Crippen molar-refractivity contribution in [3.05, 3.63) is 63.9 Å². The first-order chi connectivity index (χ1) is 10.1. The fourth-order valence-corrected chi connectivity index (χ4v) is 3.29. The van der Waals surface area contributed by atoms with Crippen molar-refractivity contribution in [1.82, 2.24) is 4.90 Å². The minimum atomic E-state index is -0.101. The van der Waals surface area contributed by atoms with Crippen molar-refractivity contribution >= 4 is 51.9 Å². The van der Waals surface area contributed by atoms with Crippen LogP contribution in [0.15, 0.2) is 52.0 Å². The summed E-state index contributed by atoms with van der Waals surface area (Å²) in [4.78, 5) is 14.5. The molecule has 3 nitrogen and oxygen atoms in total. The van der Waals surface area contributed by atoms with E-state index in [0.717, 1.165) is 5.56 Å². The van der Waals surface area contributed by atoms with Crippen LogP contribution >= 0.6 is 35.6 Å². The van der Waals surface area contributed by atoms with Gasteiger partial charge in [0.1, 0.15) is 10.1 Å². The Kier molecular flexibility index (Phi) is 4.14. The molecule has 0 atom stereocenters. The molecule has 0 aliphatic carbocycles. The highest BCUT2D eigenvalue weighted by Gasteiger charge is 2.32. The number of halogens is 1. The Hall–Kier alpha value is -1.56. The topological polar surface area (TPSA) is 33.5 Å². The molecule has 1 fully saturated rings. The van der Waals surface area contributed by atoms with E-state index in [9.17, 15) is 4.79 Å². The summed E-state index contributed by atoms with van der Waals surface area (Å²) < 4.78 is 5.80. The van der Waals surface area contributed by atoms with Gasteiger partial charge >= 0.3 is 0 Å². The number of nitrogens with zero attached hydrogens (tertiary/aromatic N) is 1. The maximum Gasteiger partial charge on any atom is 0.266 e. The van der Waals surface area contributed by atoms with Gasteiger partial charge in [0.15, 0.2) is 0 Å². The Morgan fingerprint density at radius 2 is 2.05 bits per heavy atom. The summed E-state index contributed by atoms with van der Waals surface area (Å²) in [6, 6.07) is 10.9. The average Bonchev–Trinajstić information content (AvgIpc) is 3.06. The normalized spacial score (nSPS) is 17.0. The second-order valence-electron chi connectivity index (χ2n) is 4.40. The van der Waals surface area contributed by atoms with Gasteiger partial charge in [0, 0.05) is 5.02 Å². The van der Waals surface area contributed by atoms with Crippen LogP contribution in [0.2, 0.25) is 5.02 Å². The molecule has 1 amide bonds. The van der Waals surface area contributed by atoms with E-state index >= 15 is 0 Å². The predicted molar refractivity (Wildman–Crippen MR) is 88.9 cm³/mol. The number of hydrogen-bond acceptors (Lipinski definition) is 4. The number of carbonyl (C=O) groups is 1. The summed E-state index contributed by atoms with van der Waals surface area (Å²) in [6.45, 7) is 0.357. The number of amides is 1. The van der Waals surface area contributed by atoms with E-state index in [0.29, 0.717) is 26.6 Å². The maximum absolute atomic E-state index is 12.4. The van der Waals surface area contributed by atoms with Gasteiger partial charge in [-0.15, -0.1) is 0 Å². The molecule has 0 spiro atoms. The van der Waals surface area contributed by atoms with Gasteiger partial charge < -0.3 is 4.42 Å². The largest absolute Gasteiger partial charge is 0.467 e. The summed E-state index contributed by atoms with van der Waals surface area (Å²) in [5.41, 5.74) is 0.915. The Balaban J connectivity index is 1.81. The van der Waals surface area contributed by atoms with Crippen molar-refractivity contribution in [2.75, 3.05) is 0 Å². The third kappa shape index (κ3) is 3.20. The third-order valence-corrected chi connectivity index (χ3v) is 4.57. The van der Waals surface area contributed by atoms with E-state index in [1.54, 1.807) is 29.4 Å². The van der Waals surface area contributed by atoms with Crippen molar-refractivity contribution in [3.63, 3.8) is 0 Å². The molecule has 3 rings (SSSR count). The Morgan fingerprint density at radius 3 is 2.71 bits per heavy atom. The molecule has 0 saturated carbocycles. The first kappa shape index (κ1) is 14.4. The fraction of sp³-hybridized carbons (Fsp3) is 0.0667. The summed E-state index contributed by atoms with van der Waals surface area (Å²) in [7, 11) is 0. The molecule has 0 unspecified atom stereocenters. The molecule has 1 aromatic carbocycles. The first-order valence-electron chi connectivity index (χ1n) is 6.17. The van der Waals surface area contributed by atoms with Gasteiger partial charge in [-0.25, -0.2) is 0 Å². The second-order valence-corrected chi connectivity index (χ2v) is 6.51. The molecule has 2 aromatic rings. The van der Waals surface area contributed by atoms with Crippen LogP contribution in [0.5, 0.6) is 0 Å². The predicted octanol–water partition coefficient (Wildman–Crippen LogP) is 4.33. The van der Waals surface area contributed by atoms with E-state index < -0.39 is 0 Å². The summed E-state index contributed by atoms with van der Waals surface area (Å²) >= 11 is 12.4. The van der Waals surface area contributed by atoms with E-state index in [1.165, 1.54) is 11.8 Å². The number of rotatable bonds is 3. The number of carbonyl (C=O) groups excluding carboxylic acids is 1. The molecule has 106 valence electrons. The number of benzene rings is 1. The van der Waals surface area contributed by atoms with Gasteiger partial charge in [0.05, 0.1) is 17.7 Å². The maximum atomic E-state index is 12.4. The molecule has 1 aromatic heterocycles. The van der Waals surface area contributed by atoms with Crippen molar-refractivity contribution in [2.24, 2.45) is 0 Å². The molecule has 2 heterocycles. The number of thiocarbonyl (C=S) groups is 1. The van der Waals surface area contributed by atoms with E-state index in [-0.39, 0.29) is 5.91 Å². The van der Waals surface area contributed by atoms with Crippen molar-refractivity contribution in [3.8, 4) is 0 Å². The smallest absolute Gasteiger partial charge is 0.266 e. The molecule has 6 heteroatoms. The Morgan fingerprint density at radius 1 is 1.29 bits per heavy atom. The molecule has 1 aliphatic heterocycles. The van der Waals surface area contributed by atoms with Gasteiger partial charge in [0.25, 0.3) is 5.91 Å². The van der Waals surface area contributed by atoms with E-state index in [1.807, 2.05) is 24.3 Å². The molecule has 0 radical (unpaired) electrons. The molecule has 1 aliphatic rings. The van der Waals surface area contributed by atoms with Crippen LogP contribution < -0.4 is 0 Å². The first-order valence-corrected chi connectivity index (χ1v) is 7.77. The van der Waals surface area contributed by atoms with Gasteiger partial charge in [-0.3, -0.25) is 9.69 Å². The summed E-state index contributed by atoms with van der Waals surface area (Å²) in [6.07, 6.45) is 3.40. The van der Waals surface area contributed by atoms with Gasteiger partial charge in [-0.05, 0) is 35.9 Å². The van der Waals surface area contributed by atoms with Crippen LogP contribution in [0.3, 0.4) is 0 Å². The lowest BCUT2D eigenvalue weighted by Gasteiger charge is -2.11. The minimum Gasteiger partial charge on any atom is -0.467 e. The van der Waals surface area contributed by atoms with E-state index in [2.05, 4.69) is 0 Å². The summed E-state index contributed by atoms with van der Waals surface area (Å²) in [5.74, 6) is 0.607. The average molecular weight is 336 g/mol. The Labute approximate surface area is 136 Å². The van der Waals surface area contributed by atoms with E-state index in [4.69, 9.17) is 28.2 Å². The molecular formula is C15H10ClNO2S2. The second kappa shape index (κ2) is 6.05. The third-order valence-electron chi connectivity index (χ3n) is 2.94. The highest BCUT2D eigenvalue weighted by atomic mass is 35.5. The summed E-state index contributed by atoms with van der Waals surface area (Å²) in [5, 5.41) is 0.664. The van der Waals surface area contributed by atoms with Crippen LogP contribution in [-0.2, 0) is 11.3 Å². The molecule has 0 N–H and O–H groups in total. The zero-order valence-corrected chi connectivity index (χ0v) is 13.2. The number of furan rings is 1. The lowest BCUT2D eigenvalue weighted by atomic mass is 10.2. The minimum absolute atomic E-state index is 0.101. The zero-order chi connectivity index (χ0) is 14.8. The molecular weight excluding hydrogens is 326 g/mol. The zero-order valence-electron chi connectivity index (χ0n) is 10.8. The standard InChI is InChI=1S/C15H10ClNO2S2/c16-11-5-3-10(4-6-11)8-13-14(18)17(15(20)21-13)9-12-2-1-7-19-12/h1-8H,9H2/b13-8-. The highest BCUT2D eigenvalue weighted by molar-refractivity contribution is 8.26. The molecule has 1 saturated heterocycles. The lowest BCUT2D eigenvalue weighted by Crippen LogP contribution is -2.27. The van der Waals surface area contributed by atoms with Crippen molar-refractivity contribution < 1.29 is 9.21 Å². The monoisotopic (exact) mass is 335 g/mol. The van der Waals surface area contributed by atoms with Crippen LogP contribution in [0.4, 0.5) is 0 Å². The Bertz CT molecular complexity index is 708. The van der Waals surface area contributed by atoms with Crippen LogP contribution in [0, 0.1) is 0 Å². The van der Waals surface area contributed by atoms with Gasteiger partial charge in [-0.1, -0.05) is 47.7 Å². The quantitative estimate of drug-likeness (QED) is 0.617. The van der Waals surface area contributed by atoms with Gasteiger partial charge in [-0.2, -0.15) is 0 Å².